The normalized spacial score (nSPS) is 20.3. The SMILES string of the molecule is COc1cc([C@H](N)B2OC(C)(C)C(C)(C)O2)cc(OC)c1OC. The van der Waals surface area contributed by atoms with Crippen LogP contribution in [0.15, 0.2) is 12.1 Å². The Morgan fingerprint density at radius 3 is 1.70 bits per heavy atom. The van der Waals surface area contributed by atoms with E-state index in [1.807, 2.05) is 39.8 Å². The highest BCUT2D eigenvalue weighted by Gasteiger charge is 2.53. The Morgan fingerprint density at radius 1 is 0.913 bits per heavy atom. The Labute approximate surface area is 138 Å². The predicted octanol–water partition coefficient (Wildman–Crippen LogP) is 2.34. The van der Waals surface area contributed by atoms with Gasteiger partial charge in [-0.3, -0.25) is 0 Å². The summed E-state index contributed by atoms with van der Waals surface area (Å²) in [6.07, 6.45) is 0. The number of hydrogen-bond acceptors (Lipinski definition) is 6. The van der Waals surface area contributed by atoms with E-state index in [0.29, 0.717) is 17.2 Å². The first-order valence-electron chi connectivity index (χ1n) is 7.58. The molecule has 23 heavy (non-hydrogen) atoms. The van der Waals surface area contributed by atoms with Gasteiger partial charge in [0.25, 0.3) is 0 Å². The second-order valence-corrected chi connectivity index (χ2v) is 6.61. The van der Waals surface area contributed by atoms with Crippen LogP contribution in [-0.2, 0) is 9.31 Å². The summed E-state index contributed by atoms with van der Waals surface area (Å²) >= 11 is 0. The van der Waals surface area contributed by atoms with Gasteiger partial charge >= 0.3 is 7.12 Å². The fraction of sp³-hybridized carbons (Fsp3) is 0.625. The van der Waals surface area contributed by atoms with Gasteiger partial charge in [0.1, 0.15) is 0 Å². The second kappa shape index (κ2) is 6.22. The second-order valence-electron chi connectivity index (χ2n) is 6.61. The number of ether oxygens (including phenoxy) is 3. The molecule has 1 fully saturated rings. The highest BCUT2D eigenvalue weighted by atomic mass is 16.7. The van der Waals surface area contributed by atoms with Gasteiger partial charge in [0, 0.05) is 0 Å². The summed E-state index contributed by atoms with van der Waals surface area (Å²) in [5, 5.41) is 0. The Balaban J connectivity index is 2.35. The smallest absolute Gasteiger partial charge is 0.480 e. The third-order valence-corrected chi connectivity index (χ3v) is 4.64. The third kappa shape index (κ3) is 3.13. The number of methoxy groups -OCH3 is 3. The van der Waals surface area contributed by atoms with E-state index < -0.39 is 24.3 Å². The van der Waals surface area contributed by atoms with Crippen molar-refractivity contribution in [2.24, 2.45) is 5.73 Å². The van der Waals surface area contributed by atoms with E-state index >= 15 is 0 Å². The van der Waals surface area contributed by atoms with Crippen LogP contribution < -0.4 is 19.9 Å². The first kappa shape index (κ1) is 17.9. The van der Waals surface area contributed by atoms with Gasteiger partial charge in [0.2, 0.25) is 5.75 Å². The van der Waals surface area contributed by atoms with Crippen LogP contribution >= 0.6 is 0 Å². The summed E-state index contributed by atoms with van der Waals surface area (Å²) in [6, 6.07) is 3.63. The lowest BCUT2D eigenvalue weighted by molar-refractivity contribution is 0.00578. The zero-order valence-corrected chi connectivity index (χ0v) is 14.9. The Hall–Kier alpha value is -1.44. The highest BCUT2D eigenvalue weighted by Crippen LogP contribution is 2.43. The molecule has 0 aromatic heterocycles. The third-order valence-electron chi connectivity index (χ3n) is 4.64. The summed E-state index contributed by atoms with van der Waals surface area (Å²) < 4.78 is 28.1. The molecule has 0 amide bonds. The summed E-state index contributed by atoms with van der Waals surface area (Å²) in [4.78, 5) is 0. The molecule has 6 nitrogen and oxygen atoms in total. The summed E-state index contributed by atoms with van der Waals surface area (Å²) in [6.45, 7) is 7.98. The van der Waals surface area contributed by atoms with Crippen molar-refractivity contribution < 1.29 is 23.5 Å². The minimum atomic E-state index is -0.553. The van der Waals surface area contributed by atoms with Crippen molar-refractivity contribution in [1.29, 1.82) is 0 Å². The quantitative estimate of drug-likeness (QED) is 0.839. The topological polar surface area (TPSA) is 72.2 Å². The lowest BCUT2D eigenvalue weighted by Crippen LogP contribution is -2.41. The van der Waals surface area contributed by atoms with Crippen LogP contribution in [-0.4, -0.2) is 39.6 Å². The van der Waals surface area contributed by atoms with Crippen LogP contribution in [0.2, 0.25) is 0 Å². The molecule has 1 aliphatic heterocycles. The lowest BCUT2D eigenvalue weighted by atomic mass is 9.74. The molecule has 7 heteroatoms. The van der Waals surface area contributed by atoms with Gasteiger partial charge in [-0.1, -0.05) is 0 Å². The van der Waals surface area contributed by atoms with Gasteiger partial charge in [-0.15, -0.1) is 0 Å². The standard InChI is InChI=1S/C16H26BNO5/c1-15(2)16(3,4)23-17(22-15)14(18)10-8-11(19-5)13(21-7)12(9-10)20-6/h8-9,14H,18H2,1-7H3/t14-/m0/s1. The molecular formula is C16H26BNO5. The van der Waals surface area contributed by atoms with E-state index in [-0.39, 0.29) is 0 Å². The van der Waals surface area contributed by atoms with Gasteiger partial charge in [-0.2, -0.15) is 0 Å². The lowest BCUT2D eigenvalue weighted by Gasteiger charge is -2.32. The zero-order valence-electron chi connectivity index (χ0n) is 14.9. The van der Waals surface area contributed by atoms with Crippen molar-refractivity contribution in [2.45, 2.75) is 44.8 Å². The molecular weight excluding hydrogens is 297 g/mol. The van der Waals surface area contributed by atoms with Crippen molar-refractivity contribution in [1.82, 2.24) is 0 Å². The molecule has 1 atom stereocenters. The van der Waals surface area contributed by atoms with Crippen LogP contribution in [0.5, 0.6) is 17.2 Å². The van der Waals surface area contributed by atoms with Gasteiger partial charge in [-0.25, -0.2) is 0 Å². The molecule has 1 aromatic rings. The van der Waals surface area contributed by atoms with Gasteiger partial charge in [0.15, 0.2) is 11.5 Å². The van der Waals surface area contributed by atoms with E-state index in [9.17, 15) is 0 Å². The van der Waals surface area contributed by atoms with Crippen molar-refractivity contribution in [3.8, 4) is 17.2 Å². The fourth-order valence-electron chi connectivity index (χ4n) is 2.49. The van der Waals surface area contributed by atoms with Gasteiger partial charge in [-0.05, 0) is 45.4 Å². The van der Waals surface area contributed by atoms with Crippen molar-refractivity contribution >= 4 is 7.12 Å². The number of hydrogen-bond donors (Lipinski definition) is 1. The van der Waals surface area contributed by atoms with Crippen LogP contribution in [0.4, 0.5) is 0 Å². The minimum absolute atomic E-state index is 0.435. The molecule has 1 heterocycles. The van der Waals surface area contributed by atoms with Crippen molar-refractivity contribution in [3.63, 3.8) is 0 Å². The van der Waals surface area contributed by atoms with E-state index in [2.05, 4.69) is 0 Å². The van der Waals surface area contributed by atoms with Crippen molar-refractivity contribution in [3.05, 3.63) is 17.7 Å². The molecule has 1 aliphatic rings. The largest absolute Gasteiger partial charge is 0.493 e. The van der Waals surface area contributed by atoms with Gasteiger partial charge < -0.3 is 29.3 Å². The molecule has 1 saturated heterocycles. The fourth-order valence-corrected chi connectivity index (χ4v) is 2.49. The first-order valence-corrected chi connectivity index (χ1v) is 7.58. The number of nitrogens with two attached hydrogens (primary N) is 1. The van der Waals surface area contributed by atoms with Crippen molar-refractivity contribution in [2.75, 3.05) is 21.3 Å². The number of benzene rings is 1. The minimum Gasteiger partial charge on any atom is -0.493 e. The molecule has 0 bridgehead atoms. The molecule has 1 aromatic carbocycles. The maximum atomic E-state index is 6.38. The van der Waals surface area contributed by atoms with E-state index in [1.54, 1.807) is 21.3 Å². The van der Waals surface area contributed by atoms with E-state index in [0.717, 1.165) is 5.56 Å². The highest BCUT2D eigenvalue weighted by molar-refractivity contribution is 6.47. The maximum Gasteiger partial charge on any atom is 0.480 e. The Morgan fingerprint density at radius 2 is 1.35 bits per heavy atom. The average molecular weight is 323 g/mol. The zero-order chi connectivity index (χ0) is 17.4. The Bertz CT molecular complexity index is 535. The molecule has 0 spiro atoms. The predicted molar refractivity (Wildman–Crippen MR) is 89.1 cm³/mol. The molecule has 2 N–H and O–H groups in total. The summed E-state index contributed by atoms with van der Waals surface area (Å²) in [5.41, 5.74) is 6.30. The maximum absolute atomic E-state index is 6.38. The van der Waals surface area contributed by atoms with Gasteiger partial charge in [0.05, 0.1) is 38.5 Å². The molecule has 0 radical (unpaired) electrons. The molecule has 2 rings (SSSR count). The van der Waals surface area contributed by atoms with Crippen LogP contribution in [0.3, 0.4) is 0 Å². The average Bonchev–Trinajstić information content (AvgIpc) is 2.73. The van der Waals surface area contributed by atoms with Crippen LogP contribution in [0.1, 0.15) is 39.2 Å². The molecule has 0 aliphatic carbocycles. The first-order chi connectivity index (χ1) is 10.7. The van der Waals surface area contributed by atoms with Crippen LogP contribution in [0.25, 0.3) is 0 Å². The van der Waals surface area contributed by atoms with Crippen LogP contribution in [0, 0.1) is 0 Å². The molecule has 128 valence electrons. The summed E-state index contributed by atoms with van der Waals surface area (Å²) in [5.74, 6) is 1.15. The monoisotopic (exact) mass is 323 g/mol. The number of rotatable bonds is 5. The molecule has 0 saturated carbocycles. The molecule has 0 unspecified atom stereocenters. The van der Waals surface area contributed by atoms with E-state index in [4.69, 9.17) is 29.3 Å². The van der Waals surface area contributed by atoms with E-state index in [1.165, 1.54) is 0 Å². The summed E-state index contributed by atoms with van der Waals surface area (Å²) in [7, 11) is 4.15. The Kier molecular flexibility index (Phi) is 4.85.